The summed E-state index contributed by atoms with van der Waals surface area (Å²) in [5.74, 6) is 0. The first kappa shape index (κ1) is 16.6. The molecule has 23 heavy (non-hydrogen) atoms. The molecule has 8 nitrogen and oxygen atoms in total. The summed E-state index contributed by atoms with van der Waals surface area (Å²) in [5, 5.41) is 22.3. The van der Waals surface area contributed by atoms with Crippen LogP contribution in [0, 0.1) is 34.1 Å². The third kappa shape index (κ3) is 3.04. The zero-order valence-electron chi connectivity index (χ0n) is 12.2. The average molecular weight is 336 g/mol. The summed E-state index contributed by atoms with van der Waals surface area (Å²) in [6.45, 7) is 3.16. The van der Waals surface area contributed by atoms with Gasteiger partial charge in [-0.05, 0) is 37.1 Å². The minimum Gasteiger partial charge on any atom is -0.258 e. The second-order valence-corrected chi connectivity index (χ2v) is 6.85. The molecule has 0 N–H and O–H groups in total. The van der Waals surface area contributed by atoms with Gasteiger partial charge in [0.25, 0.3) is 11.4 Å². The molecule has 0 bridgehead atoms. The molecule has 0 saturated carbocycles. The van der Waals surface area contributed by atoms with Gasteiger partial charge in [-0.15, -0.1) is 0 Å². The van der Waals surface area contributed by atoms with E-state index in [1.165, 1.54) is 12.1 Å². The highest BCUT2D eigenvalue weighted by molar-refractivity contribution is 7.91. The van der Waals surface area contributed by atoms with E-state index in [4.69, 9.17) is 0 Å². The largest absolute Gasteiger partial charge is 0.288 e. The van der Waals surface area contributed by atoms with Crippen molar-refractivity contribution < 1.29 is 18.3 Å². The maximum atomic E-state index is 12.7. The monoisotopic (exact) mass is 336 g/mol. The van der Waals surface area contributed by atoms with E-state index in [2.05, 4.69) is 0 Å². The van der Waals surface area contributed by atoms with Crippen LogP contribution in [-0.4, -0.2) is 18.3 Å². The van der Waals surface area contributed by atoms with Gasteiger partial charge in [0.2, 0.25) is 9.84 Å². The van der Waals surface area contributed by atoms with Crippen molar-refractivity contribution in [1.82, 2.24) is 0 Å². The lowest BCUT2D eigenvalue weighted by atomic mass is 10.2. The second kappa shape index (κ2) is 5.76. The number of rotatable bonds is 4. The van der Waals surface area contributed by atoms with Crippen molar-refractivity contribution in [3.63, 3.8) is 0 Å². The van der Waals surface area contributed by atoms with Crippen molar-refractivity contribution in [2.45, 2.75) is 23.6 Å². The molecule has 0 spiro atoms. The zero-order valence-corrected chi connectivity index (χ0v) is 13.0. The van der Waals surface area contributed by atoms with Crippen molar-refractivity contribution >= 4 is 21.2 Å². The van der Waals surface area contributed by atoms with E-state index in [1.807, 2.05) is 0 Å². The first-order chi connectivity index (χ1) is 10.6. The van der Waals surface area contributed by atoms with Crippen LogP contribution in [0.3, 0.4) is 0 Å². The zero-order chi connectivity index (χ0) is 17.4. The normalized spacial score (nSPS) is 11.2. The molecule has 0 fully saturated rings. The summed E-state index contributed by atoms with van der Waals surface area (Å²) in [6, 6.07) is 7.22. The molecule has 0 saturated heterocycles. The molecule has 0 aromatic heterocycles. The molecule has 120 valence electrons. The Bertz CT molecular complexity index is 851. The van der Waals surface area contributed by atoms with E-state index in [1.54, 1.807) is 13.8 Å². The van der Waals surface area contributed by atoms with Crippen LogP contribution in [0.1, 0.15) is 11.1 Å². The fourth-order valence-electron chi connectivity index (χ4n) is 2.11. The van der Waals surface area contributed by atoms with Gasteiger partial charge in [-0.3, -0.25) is 20.2 Å². The van der Waals surface area contributed by atoms with E-state index < -0.39 is 40.8 Å². The summed E-state index contributed by atoms with van der Waals surface area (Å²) in [7, 11) is -4.41. The Morgan fingerprint density at radius 3 is 1.43 bits per heavy atom. The third-order valence-electron chi connectivity index (χ3n) is 3.20. The minimum atomic E-state index is -4.41. The number of nitro groups is 2. The van der Waals surface area contributed by atoms with Crippen molar-refractivity contribution in [3.05, 3.63) is 67.8 Å². The number of benzene rings is 2. The molecule has 0 amide bonds. The van der Waals surface area contributed by atoms with Crippen molar-refractivity contribution in [3.8, 4) is 0 Å². The molecular formula is C14H12N2O6S. The van der Waals surface area contributed by atoms with Crippen LogP contribution >= 0.6 is 0 Å². The maximum Gasteiger partial charge on any atom is 0.288 e. The van der Waals surface area contributed by atoms with Crippen LogP contribution in [-0.2, 0) is 9.84 Å². The van der Waals surface area contributed by atoms with Crippen LogP contribution in [0.25, 0.3) is 0 Å². The van der Waals surface area contributed by atoms with Crippen LogP contribution < -0.4 is 0 Å². The average Bonchev–Trinajstić information content (AvgIpc) is 2.46. The number of aryl methyl sites for hydroxylation is 2. The molecule has 0 heterocycles. The lowest BCUT2D eigenvalue weighted by molar-refractivity contribution is -0.388. The molecule has 0 atom stereocenters. The van der Waals surface area contributed by atoms with E-state index in [0.717, 1.165) is 24.3 Å². The topological polar surface area (TPSA) is 120 Å². The predicted molar refractivity (Wildman–Crippen MR) is 81.1 cm³/mol. The number of hydrogen-bond donors (Lipinski definition) is 0. The lowest BCUT2D eigenvalue weighted by Gasteiger charge is -2.07. The van der Waals surface area contributed by atoms with Crippen LogP contribution in [0.2, 0.25) is 0 Å². The SMILES string of the molecule is Cc1ccc(S(=O)(=O)c2ccc(C)cc2[N+](=O)[O-])c([N+](=O)[O-])c1. The van der Waals surface area contributed by atoms with Crippen LogP contribution in [0.4, 0.5) is 11.4 Å². The minimum absolute atomic E-state index is 0.508. The fourth-order valence-corrected chi connectivity index (χ4v) is 3.66. The highest BCUT2D eigenvalue weighted by Gasteiger charge is 2.33. The molecule has 2 aromatic carbocycles. The van der Waals surface area contributed by atoms with Gasteiger partial charge in [-0.2, -0.15) is 0 Å². The number of hydrogen-bond acceptors (Lipinski definition) is 6. The molecule has 9 heteroatoms. The van der Waals surface area contributed by atoms with E-state index >= 15 is 0 Å². The van der Waals surface area contributed by atoms with Crippen molar-refractivity contribution in [1.29, 1.82) is 0 Å². The molecule has 0 aliphatic rings. The van der Waals surface area contributed by atoms with E-state index in [0.29, 0.717) is 11.1 Å². The Hall–Kier alpha value is -2.81. The van der Waals surface area contributed by atoms with Gasteiger partial charge in [0.1, 0.15) is 9.79 Å². The van der Waals surface area contributed by atoms with E-state index in [9.17, 15) is 28.6 Å². The fraction of sp³-hybridized carbons (Fsp3) is 0.143. The molecule has 2 rings (SSSR count). The van der Waals surface area contributed by atoms with Gasteiger partial charge in [-0.1, -0.05) is 12.1 Å². The molecule has 0 aliphatic heterocycles. The van der Waals surface area contributed by atoms with Crippen molar-refractivity contribution in [2.24, 2.45) is 0 Å². The van der Waals surface area contributed by atoms with Crippen LogP contribution in [0.5, 0.6) is 0 Å². The first-order valence-corrected chi connectivity index (χ1v) is 7.88. The third-order valence-corrected chi connectivity index (χ3v) is 5.05. The Morgan fingerprint density at radius 2 is 1.13 bits per heavy atom. The second-order valence-electron chi connectivity index (χ2n) is 4.96. The predicted octanol–water partition coefficient (Wildman–Crippen LogP) is 2.95. The number of sulfone groups is 1. The standard InChI is InChI=1S/C14H12N2O6S/c1-9-3-5-13(11(7-9)15(17)18)23(21,22)14-6-4-10(2)8-12(14)16(19)20/h3-8H,1-2H3. The summed E-state index contributed by atoms with van der Waals surface area (Å²) in [4.78, 5) is 19.5. The van der Waals surface area contributed by atoms with Crippen molar-refractivity contribution in [2.75, 3.05) is 0 Å². The van der Waals surface area contributed by atoms with Gasteiger partial charge < -0.3 is 0 Å². The van der Waals surface area contributed by atoms with Gasteiger partial charge in [0, 0.05) is 12.1 Å². The maximum absolute atomic E-state index is 12.7. The van der Waals surface area contributed by atoms with Gasteiger partial charge in [0.05, 0.1) is 9.85 Å². The Morgan fingerprint density at radius 1 is 0.783 bits per heavy atom. The molecular weight excluding hydrogens is 324 g/mol. The smallest absolute Gasteiger partial charge is 0.258 e. The summed E-state index contributed by atoms with van der Waals surface area (Å²) >= 11 is 0. The van der Waals surface area contributed by atoms with Gasteiger partial charge >= 0.3 is 0 Å². The van der Waals surface area contributed by atoms with Gasteiger partial charge in [-0.25, -0.2) is 8.42 Å². The lowest BCUT2D eigenvalue weighted by Crippen LogP contribution is -2.08. The quantitative estimate of drug-likeness (QED) is 0.625. The summed E-state index contributed by atoms with van der Waals surface area (Å²) in [6.07, 6.45) is 0. The number of nitro benzene ring substituents is 2. The molecule has 0 aliphatic carbocycles. The molecule has 2 aromatic rings. The first-order valence-electron chi connectivity index (χ1n) is 6.40. The Balaban J connectivity index is 2.79. The highest BCUT2D eigenvalue weighted by Crippen LogP contribution is 2.34. The van der Waals surface area contributed by atoms with E-state index in [-0.39, 0.29) is 0 Å². The van der Waals surface area contributed by atoms with Gasteiger partial charge in [0.15, 0.2) is 0 Å². The summed E-state index contributed by atoms with van der Waals surface area (Å²) < 4.78 is 25.4. The summed E-state index contributed by atoms with van der Waals surface area (Å²) in [5.41, 5.74) is -0.206. The Kier molecular flexibility index (Phi) is 4.15. The Labute approximate surface area is 131 Å². The molecule has 0 unspecified atom stereocenters. The van der Waals surface area contributed by atoms with Crippen LogP contribution in [0.15, 0.2) is 46.2 Å². The number of nitrogens with zero attached hydrogens (tertiary/aromatic N) is 2. The highest BCUT2D eigenvalue weighted by atomic mass is 32.2. The molecule has 0 radical (unpaired) electrons.